The van der Waals surface area contributed by atoms with Crippen molar-refractivity contribution in [2.24, 2.45) is 5.73 Å². The van der Waals surface area contributed by atoms with Gasteiger partial charge in [-0.2, -0.15) is 0 Å². The standard InChI is InChI=1S/C14H19IN4O2/c1-20-11-6-9-10(7-12(11)21-2)18-13(8-15)19-14(9)17-5-3-4-16/h6-7H,3-5,8,16H2,1-2H3,(H,17,18,19). The van der Waals surface area contributed by atoms with E-state index in [1.54, 1.807) is 14.2 Å². The topological polar surface area (TPSA) is 82.3 Å². The molecule has 0 radical (unpaired) electrons. The van der Waals surface area contributed by atoms with Gasteiger partial charge in [0.15, 0.2) is 11.5 Å². The lowest BCUT2D eigenvalue weighted by Crippen LogP contribution is -2.11. The molecule has 0 aliphatic rings. The molecule has 1 aromatic carbocycles. The second-order valence-electron chi connectivity index (χ2n) is 4.42. The van der Waals surface area contributed by atoms with Gasteiger partial charge in [-0.1, -0.05) is 22.6 Å². The maximum atomic E-state index is 5.53. The molecule has 21 heavy (non-hydrogen) atoms. The van der Waals surface area contributed by atoms with Crippen LogP contribution < -0.4 is 20.5 Å². The molecule has 6 nitrogen and oxygen atoms in total. The van der Waals surface area contributed by atoms with Gasteiger partial charge in [0.1, 0.15) is 11.6 Å². The Balaban J connectivity index is 2.53. The first-order chi connectivity index (χ1) is 10.2. The van der Waals surface area contributed by atoms with Crippen molar-refractivity contribution in [3.8, 4) is 11.5 Å². The fraction of sp³-hybridized carbons (Fsp3) is 0.429. The highest BCUT2D eigenvalue weighted by Crippen LogP contribution is 2.34. The summed E-state index contributed by atoms with van der Waals surface area (Å²) < 4.78 is 11.4. The minimum atomic E-state index is 0.645. The Kier molecular flexibility index (Phi) is 5.80. The number of nitrogens with one attached hydrogen (secondary N) is 1. The summed E-state index contributed by atoms with van der Waals surface area (Å²) in [5.74, 6) is 2.92. The van der Waals surface area contributed by atoms with Crippen LogP contribution in [0.2, 0.25) is 0 Å². The number of ether oxygens (including phenoxy) is 2. The summed E-state index contributed by atoms with van der Waals surface area (Å²) in [5.41, 5.74) is 6.37. The van der Waals surface area contributed by atoms with Crippen LogP contribution in [-0.2, 0) is 4.43 Å². The van der Waals surface area contributed by atoms with Crippen LogP contribution in [0.5, 0.6) is 11.5 Å². The second kappa shape index (κ2) is 7.60. The average molecular weight is 402 g/mol. The van der Waals surface area contributed by atoms with Crippen LogP contribution in [0, 0.1) is 0 Å². The first-order valence-corrected chi connectivity index (χ1v) is 8.18. The Hall–Kier alpha value is -1.35. The van der Waals surface area contributed by atoms with Crippen molar-refractivity contribution in [3.63, 3.8) is 0 Å². The fourth-order valence-electron chi connectivity index (χ4n) is 2.01. The quantitative estimate of drug-likeness (QED) is 0.421. The van der Waals surface area contributed by atoms with Gasteiger partial charge in [0, 0.05) is 18.0 Å². The number of nitrogens with zero attached hydrogens (tertiary/aromatic N) is 2. The summed E-state index contributed by atoms with van der Waals surface area (Å²) in [6, 6.07) is 3.77. The molecule has 3 N–H and O–H groups in total. The SMILES string of the molecule is COc1cc2nc(CI)nc(NCCCN)c2cc1OC. The molecule has 114 valence electrons. The molecule has 2 aromatic rings. The van der Waals surface area contributed by atoms with E-state index in [0.717, 1.165) is 39.9 Å². The molecule has 0 saturated heterocycles. The van der Waals surface area contributed by atoms with Gasteiger partial charge in [-0.15, -0.1) is 0 Å². The highest BCUT2D eigenvalue weighted by atomic mass is 127. The number of alkyl halides is 1. The van der Waals surface area contributed by atoms with Crippen LogP contribution in [0.1, 0.15) is 12.2 Å². The molecule has 0 atom stereocenters. The molecule has 7 heteroatoms. The van der Waals surface area contributed by atoms with Crippen molar-refractivity contribution in [1.82, 2.24) is 9.97 Å². The summed E-state index contributed by atoms with van der Waals surface area (Å²) in [6.07, 6.45) is 0.887. The summed E-state index contributed by atoms with van der Waals surface area (Å²) in [7, 11) is 3.23. The molecule has 0 amide bonds. The number of methoxy groups -OCH3 is 2. The van der Waals surface area contributed by atoms with Gasteiger partial charge in [-0.25, -0.2) is 9.97 Å². The van der Waals surface area contributed by atoms with Crippen LogP contribution in [0.15, 0.2) is 12.1 Å². The third-order valence-corrected chi connectivity index (χ3v) is 3.72. The first kappa shape index (κ1) is 16.0. The Morgan fingerprint density at radius 1 is 1.19 bits per heavy atom. The van der Waals surface area contributed by atoms with Crippen molar-refractivity contribution in [2.75, 3.05) is 32.6 Å². The van der Waals surface area contributed by atoms with Crippen molar-refractivity contribution in [3.05, 3.63) is 18.0 Å². The summed E-state index contributed by atoms with van der Waals surface area (Å²) in [4.78, 5) is 9.10. The molecule has 1 heterocycles. The Morgan fingerprint density at radius 2 is 1.90 bits per heavy atom. The van der Waals surface area contributed by atoms with Crippen LogP contribution in [0.25, 0.3) is 10.9 Å². The third-order valence-electron chi connectivity index (χ3n) is 3.04. The van der Waals surface area contributed by atoms with Gasteiger partial charge < -0.3 is 20.5 Å². The maximum absolute atomic E-state index is 5.53. The summed E-state index contributed by atoms with van der Waals surface area (Å²) in [6.45, 7) is 1.42. The Labute approximate surface area is 137 Å². The molecular formula is C14H19IN4O2. The normalized spacial score (nSPS) is 10.7. The number of rotatable bonds is 7. The van der Waals surface area contributed by atoms with Gasteiger partial charge in [-0.05, 0) is 19.0 Å². The minimum Gasteiger partial charge on any atom is -0.493 e. The molecule has 0 saturated carbocycles. The molecule has 0 unspecified atom stereocenters. The van der Waals surface area contributed by atoms with E-state index in [-0.39, 0.29) is 0 Å². The zero-order valence-electron chi connectivity index (χ0n) is 12.1. The van der Waals surface area contributed by atoms with E-state index in [0.29, 0.717) is 18.0 Å². The number of benzene rings is 1. The van der Waals surface area contributed by atoms with Crippen LogP contribution in [0.3, 0.4) is 0 Å². The number of hydrogen-bond acceptors (Lipinski definition) is 6. The van der Waals surface area contributed by atoms with Crippen molar-refractivity contribution >= 4 is 39.3 Å². The molecule has 0 aliphatic heterocycles. The van der Waals surface area contributed by atoms with E-state index >= 15 is 0 Å². The average Bonchev–Trinajstić information content (AvgIpc) is 2.53. The maximum Gasteiger partial charge on any atom is 0.162 e. The lowest BCUT2D eigenvalue weighted by atomic mass is 10.2. The number of hydrogen-bond donors (Lipinski definition) is 2. The van der Waals surface area contributed by atoms with Crippen molar-refractivity contribution < 1.29 is 9.47 Å². The van der Waals surface area contributed by atoms with Crippen LogP contribution in [-0.4, -0.2) is 37.3 Å². The van der Waals surface area contributed by atoms with Crippen molar-refractivity contribution in [1.29, 1.82) is 0 Å². The largest absolute Gasteiger partial charge is 0.493 e. The van der Waals surface area contributed by atoms with Gasteiger partial charge >= 0.3 is 0 Å². The number of halogens is 1. The molecule has 0 spiro atoms. The molecule has 0 fully saturated rings. The first-order valence-electron chi connectivity index (χ1n) is 6.66. The lowest BCUT2D eigenvalue weighted by molar-refractivity contribution is 0.356. The number of fused-ring (bicyclic) bond motifs is 1. The van der Waals surface area contributed by atoms with Gasteiger partial charge in [0.2, 0.25) is 0 Å². The van der Waals surface area contributed by atoms with E-state index < -0.39 is 0 Å². The zero-order valence-corrected chi connectivity index (χ0v) is 14.3. The van der Waals surface area contributed by atoms with E-state index in [1.165, 1.54) is 0 Å². The summed E-state index contributed by atoms with van der Waals surface area (Å²) >= 11 is 2.25. The zero-order chi connectivity index (χ0) is 15.2. The highest BCUT2D eigenvalue weighted by molar-refractivity contribution is 14.1. The number of aromatic nitrogens is 2. The lowest BCUT2D eigenvalue weighted by Gasteiger charge is -2.13. The van der Waals surface area contributed by atoms with E-state index in [9.17, 15) is 0 Å². The fourth-order valence-corrected chi connectivity index (χ4v) is 2.35. The Morgan fingerprint density at radius 3 is 2.52 bits per heavy atom. The predicted molar refractivity (Wildman–Crippen MR) is 92.5 cm³/mol. The highest BCUT2D eigenvalue weighted by Gasteiger charge is 2.12. The minimum absolute atomic E-state index is 0.645. The van der Waals surface area contributed by atoms with Crippen LogP contribution >= 0.6 is 22.6 Å². The monoisotopic (exact) mass is 402 g/mol. The second-order valence-corrected chi connectivity index (χ2v) is 5.18. The van der Waals surface area contributed by atoms with E-state index in [4.69, 9.17) is 15.2 Å². The molecule has 0 aliphatic carbocycles. The molecule has 0 bridgehead atoms. The Bertz CT molecular complexity index is 621. The van der Waals surface area contributed by atoms with Gasteiger partial charge in [0.05, 0.1) is 24.2 Å². The van der Waals surface area contributed by atoms with Crippen molar-refractivity contribution in [2.45, 2.75) is 10.8 Å². The third kappa shape index (κ3) is 3.65. The summed E-state index contributed by atoms with van der Waals surface area (Å²) in [5, 5.41) is 4.24. The predicted octanol–water partition coefficient (Wildman–Crippen LogP) is 2.34. The number of anilines is 1. The smallest absolute Gasteiger partial charge is 0.162 e. The van der Waals surface area contributed by atoms with Gasteiger partial charge in [0.25, 0.3) is 0 Å². The van der Waals surface area contributed by atoms with E-state index in [2.05, 4.69) is 37.9 Å². The molecular weight excluding hydrogens is 383 g/mol. The molecule has 2 rings (SSSR count). The molecule has 1 aromatic heterocycles. The number of nitrogens with two attached hydrogens (primary N) is 1. The van der Waals surface area contributed by atoms with Crippen LogP contribution in [0.4, 0.5) is 5.82 Å². The van der Waals surface area contributed by atoms with Gasteiger partial charge in [-0.3, -0.25) is 0 Å². The van der Waals surface area contributed by atoms with E-state index in [1.807, 2.05) is 12.1 Å².